The Morgan fingerprint density at radius 1 is 0.696 bits per heavy atom. The van der Waals surface area contributed by atoms with Crippen LogP contribution in [0, 0.1) is 0 Å². The van der Waals surface area contributed by atoms with Gasteiger partial charge in [0.2, 0.25) is 0 Å². The fraction of sp³-hybridized carbons (Fsp3) is 0.188. The molecule has 5 nitrogen and oxygen atoms in total. The highest BCUT2D eigenvalue weighted by Gasteiger charge is 2.21. The molecule has 0 aliphatic rings. The van der Waals surface area contributed by atoms with E-state index in [1.54, 1.807) is 36.4 Å². The van der Waals surface area contributed by atoms with Crippen LogP contribution in [0.2, 0.25) is 0 Å². The highest BCUT2D eigenvalue weighted by molar-refractivity contribution is 7.92. The first-order valence-electron chi connectivity index (χ1n) is 6.88. The number of rotatable bonds is 7. The lowest BCUT2D eigenvalue weighted by Crippen LogP contribution is -2.19. The van der Waals surface area contributed by atoms with Gasteiger partial charge in [0.25, 0.3) is 0 Å². The Hall–Kier alpha value is -1.99. The Kier molecular flexibility index (Phi) is 5.33. The molecule has 2 aromatic rings. The Bertz CT molecular complexity index is 871. The van der Waals surface area contributed by atoms with Gasteiger partial charge in [0.1, 0.15) is 11.5 Å². The van der Waals surface area contributed by atoms with Gasteiger partial charge >= 0.3 is 0 Å². The van der Waals surface area contributed by atoms with Gasteiger partial charge in [-0.05, 0) is 24.3 Å². The molecule has 0 bridgehead atoms. The Morgan fingerprint density at radius 3 is 1.61 bits per heavy atom. The zero-order valence-electron chi connectivity index (χ0n) is 12.3. The molecule has 2 aromatic carbocycles. The molecule has 0 atom stereocenters. The molecule has 0 radical (unpaired) electrons. The standard InChI is InChI=1S/C16H16O5S2/c17-14(13-23(20,21)16-9-5-2-6-10-16)11-12-22(18,19)15-7-3-1-4-8-15/h1-10H,11-13H2. The van der Waals surface area contributed by atoms with Gasteiger partial charge in [0.15, 0.2) is 19.7 Å². The SMILES string of the molecule is O=C(CCS(=O)(=O)c1ccccc1)CS(=O)(=O)c1ccccc1. The second kappa shape index (κ2) is 7.06. The van der Waals surface area contributed by atoms with E-state index in [1.165, 1.54) is 24.3 Å². The minimum atomic E-state index is -3.74. The molecule has 23 heavy (non-hydrogen) atoms. The summed E-state index contributed by atoms with van der Waals surface area (Å²) >= 11 is 0. The summed E-state index contributed by atoms with van der Waals surface area (Å²) in [5, 5.41) is 0. The molecule has 0 spiro atoms. The van der Waals surface area contributed by atoms with Gasteiger partial charge in [-0.25, -0.2) is 16.8 Å². The summed E-state index contributed by atoms with van der Waals surface area (Å²) in [7, 11) is -7.33. The van der Waals surface area contributed by atoms with Crippen molar-refractivity contribution in [3.8, 4) is 0 Å². The van der Waals surface area contributed by atoms with Crippen molar-refractivity contribution in [1.29, 1.82) is 0 Å². The second-order valence-electron chi connectivity index (χ2n) is 4.99. The van der Waals surface area contributed by atoms with Gasteiger partial charge in [0, 0.05) is 6.42 Å². The molecule has 2 rings (SSSR count). The third-order valence-electron chi connectivity index (χ3n) is 3.21. The third kappa shape index (κ3) is 4.74. The molecule has 122 valence electrons. The van der Waals surface area contributed by atoms with E-state index in [0.717, 1.165) is 0 Å². The molecule has 0 heterocycles. The number of carbonyl (C=O) groups is 1. The predicted octanol–water partition coefficient (Wildman–Crippen LogP) is 1.89. The summed E-state index contributed by atoms with van der Waals surface area (Å²) in [6.45, 7) is 0. The number of hydrogen-bond donors (Lipinski definition) is 0. The first-order valence-corrected chi connectivity index (χ1v) is 10.2. The third-order valence-corrected chi connectivity index (χ3v) is 6.63. The first kappa shape index (κ1) is 17.4. The van der Waals surface area contributed by atoms with E-state index in [2.05, 4.69) is 0 Å². The van der Waals surface area contributed by atoms with Gasteiger partial charge in [-0.15, -0.1) is 0 Å². The van der Waals surface area contributed by atoms with E-state index in [9.17, 15) is 21.6 Å². The first-order chi connectivity index (χ1) is 10.8. The van der Waals surface area contributed by atoms with E-state index in [0.29, 0.717) is 0 Å². The summed E-state index contributed by atoms with van der Waals surface area (Å²) < 4.78 is 48.3. The van der Waals surface area contributed by atoms with Gasteiger partial charge in [-0.3, -0.25) is 4.79 Å². The zero-order chi connectivity index (χ0) is 16.9. The van der Waals surface area contributed by atoms with Gasteiger partial charge in [-0.2, -0.15) is 0 Å². The molecule has 0 saturated heterocycles. The maximum absolute atomic E-state index is 12.1. The van der Waals surface area contributed by atoms with Crippen LogP contribution in [-0.4, -0.2) is 34.1 Å². The van der Waals surface area contributed by atoms with Crippen molar-refractivity contribution < 1.29 is 21.6 Å². The quantitative estimate of drug-likeness (QED) is 0.760. The Labute approximate surface area is 135 Å². The van der Waals surface area contributed by atoms with E-state index < -0.39 is 37.0 Å². The molecule has 0 aliphatic heterocycles. The number of carbonyl (C=O) groups excluding carboxylic acids is 1. The smallest absolute Gasteiger partial charge is 0.185 e. The molecule has 7 heteroatoms. The van der Waals surface area contributed by atoms with E-state index in [1.807, 2.05) is 0 Å². The minimum absolute atomic E-state index is 0.0549. The summed E-state index contributed by atoms with van der Waals surface area (Å²) in [4.78, 5) is 12.0. The zero-order valence-corrected chi connectivity index (χ0v) is 13.9. The van der Waals surface area contributed by atoms with Crippen LogP contribution in [0.15, 0.2) is 70.5 Å². The molecule has 0 saturated carbocycles. The van der Waals surface area contributed by atoms with Crippen LogP contribution < -0.4 is 0 Å². The monoisotopic (exact) mass is 352 g/mol. The summed E-state index contributed by atoms with van der Waals surface area (Å²) in [6, 6.07) is 15.4. The number of sulfone groups is 2. The van der Waals surface area contributed by atoms with Crippen LogP contribution in [0.3, 0.4) is 0 Å². The molecule has 0 N–H and O–H groups in total. The highest BCUT2D eigenvalue weighted by atomic mass is 32.2. The Balaban J connectivity index is 2.01. The summed E-state index contributed by atoms with van der Waals surface area (Å²) in [5.74, 6) is -1.71. The minimum Gasteiger partial charge on any atom is -0.299 e. The lowest BCUT2D eigenvalue weighted by molar-refractivity contribution is -0.116. The average Bonchev–Trinajstić information content (AvgIpc) is 2.54. The van der Waals surface area contributed by atoms with Gasteiger partial charge < -0.3 is 0 Å². The van der Waals surface area contributed by atoms with Crippen molar-refractivity contribution >= 4 is 25.5 Å². The summed E-state index contributed by atoms with van der Waals surface area (Å²) in [6.07, 6.45) is -0.330. The highest BCUT2D eigenvalue weighted by Crippen LogP contribution is 2.13. The van der Waals surface area contributed by atoms with Crippen LogP contribution in [0.5, 0.6) is 0 Å². The van der Waals surface area contributed by atoms with Crippen LogP contribution >= 0.6 is 0 Å². The predicted molar refractivity (Wildman–Crippen MR) is 86.6 cm³/mol. The van der Waals surface area contributed by atoms with Crippen molar-refractivity contribution in [2.75, 3.05) is 11.5 Å². The van der Waals surface area contributed by atoms with Crippen molar-refractivity contribution in [2.24, 2.45) is 0 Å². The Morgan fingerprint density at radius 2 is 1.13 bits per heavy atom. The van der Waals surface area contributed by atoms with Crippen molar-refractivity contribution in [2.45, 2.75) is 16.2 Å². The number of hydrogen-bond acceptors (Lipinski definition) is 5. The maximum atomic E-state index is 12.1. The average molecular weight is 352 g/mol. The van der Waals surface area contributed by atoms with Gasteiger partial charge in [0.05, 0.1) is 15.5 Å². The van der Waals surface area contributed by atoms with Crippen molar-refractivity contribution in [1.82, 2.24) is 0 Å². The second-order valence-corrected chi connectivity index (χ2v) is 9.09. The van der Waals surface area contributed by atoms with Crippen LogP contribution in [0.25, 0.3) is 0 Å². The number of benzene rings is 2. The largest absolute Gasteiger partial charge is 0.299 e. The fourth-order valence-electron chi connectivity index (χ4n) is 1.99. The normalized spacial score (nSPS) is 12.0. The number of Topliss-reactive ketones (excluding diaryl/α,β-unsaturated/α-hetero) is 1. The molecule has 0 aromatic heterocycles. The molecule has 0 unspecified atom stereocenters. The summed E-state index contributed by atoms with van der Waals surface area (Å²) in [5.41, 5.74) is 0. The molecule has 0 aliphatic carbocycles. The van der Waals surface area contributed by atoms with E-state index >= 15 is 0 Å². The van der Waals surface area contributed by atoms with E-state index in [4.69, 9.17) is 0 Å². The number of ketones is 1. The molecule has 0 amide bonds. The fourth-order valence-corrected chi connectivity index (χ4v) is 4.60. The van der Waals surface area contributed by atoms with Crippen LogP contribution in [-0.2, 0) is 24.5 Å². The van der Waals surface area contributed by atoms with E-state index in [-0.39, 0.29) is 16.2 Å². The lowest BCUT2D eigenvalue weighted by atomic mass is 10.3. The molecular formula is C16H16O5S2. The van der Waals surface area contributed by atoms with Crippen molar-refractivity contribution in [3.05, 3.63) is 60.7 Å². The lowest BCUT2D eigenvalue weighted by Gasteiger charge is -2.05. The molecular weight excluding hydrogens is 336 g/mol. The van der Waals surface area contributed by atoms with Crippen molar-refractivity contribution in [3.63, 3.8) is 0 Å². The maximum Gasteiger partial charge on any atom is 0.185 e. The van der Waals surface area contributed by atoms with Gasteiger partial charge in [-0.1, -0.05) is 36.4 Å². The van der Waals surface area contributed by atoms with Crippen LogP contribution in [0.4, 0.5) is 0 Å². The van der Waals surface area contributed by atoms with Crippen LogP contribution in [0.1, 0.15) is 6.42 Å². The molecule has 0 fully saturated rings. The topological polar surface area (TPSA) is 85.3 Å².